The van der Waals surface area contributed by atoms with Crippen LogP contribution >= 0.6 is 0 Å². The third-order valence-electron chi connectivity index (χ3n) is 2.65. The topological polar surface area (TPSA) is 43.8 Å². The summed E-state index contributed by atoms with van der Waals surface area (Å²) in [5.41, 5.74) is 6.17. The van der Waals surface area contributed by atoms with Gasteiger partial charge < -0.3 is 10.3 Å². The summed E-state index contributed by atoms with van der Waals surface area (Å²) in [7, 11) is 1.55. The summed E-state index contributed by atoms with van der Waals surface area (Å²) in [6, 6.07) is 5.98. The lowest BCUT2D eigenvalue weighted by Gasteiger charge is -2.16. The maximum absolute atomic E-state index is 14.1. The second-order valence-corrected chi connectivity index (χ2v) is 3.84. The molecule has 0 amide bonds. The van der Waals surface area contributed by atoms with Gasteiger partial charge in [-0.3, -0.25) is 0 Å². The number of hydrogen-bond donors (Lipinski definition) is 1. The van der Waals surface area contributed by atoms with Gasteiger partial charge in [-0.05, 0) is 5.56 Å². The first kappa shape index (κ1) is 11.7. The Morgan fingerprint density at radius 2 is 1.94 bits per heavy atom. The first-order chi connectivity index (χ1) is 8.05. The van der Waals surface area contributed by atoms with Gasteiger partial charge in [-0.15, -0.1) is 0 Å². The molecule has 1 heterocycles. The lowest BCUT2D eigenvalue weighted by molar-refractivity contribution is 0.0300. The van der Waals surface area contributed by atoms with E-state index in [1.807, 2.05) is 0 Å². The van der Waals surface area contributed by atoms with E-state index >= 15 is 0 Å². The van der Waals surface area contributed by atoms with Crippen LogP contribution in [0.15, 0.2) is 36.7 Å². The Hall–Kier alpha value is -1.75. The van der Waals surface area contributed by atoms with Crippen LogP contribution in [0.4, 0.5) is 8.78 Å². The molecule has 2 aromatic rings. The molecule has 0 spiro atoms. The molecule has 0 fully saturated rings. The maximum Gasteiger partial charge on any atom is 0.330 e. The van der Waals surface area contributed by atoms with Crippen LogP contribution in [0, 0.1) is 0 Å². The quantitative estimate of drug-likeness (QED) is 0.887. The van der Waals surface area contributed by atoms with Crippen LogP contribution in [0.3, 0.4) is 0 Å². The lowest BCUT2D eigenvalue weighted by Crippen LogP contribution is -2.20. The fourth-order valence-electron chi connectivity index (χ4n) is 1.65. The second-order valence-electron chi connectivity index (χ2n) is 3.84. The van der Waals surface area contributed by atoms with E-state index in [1.54, 1.807) is 19.2 Å². The Morgan fingerprint density at radius 1 is 1.29 bits per heavy atom. The summed E-state index contributed by atoms with van der Waals surface area (Å²) in [4.78, 5) is 3.69. The number of alkyl halides is 2. The second kappa shape index (κ2) is 4.25. The molecular formula is C12H13F2N3. The zero-order chi connectivity index (χ0) is 12.5. The van der Waals surface area contributed by atoms with Crippen LogP contribution in [-0.4, -0.2) is 9.55 Å². The van der Waals surface area contributed by atoms with Gasteiger partial charge in [0.15, 0.2) is 5.82 Å². The molecule has 2 N–H and O–H groups in total. The van der Waals surface area contributed by atoms with Gasteiger partial charge >= 0.3 is 5.92 Å². The van der Waals surface area contributed by atoms with Crippen molar-refractivity contribution in [1.29, 1.82) is 0 Å². The normalized spacial score (nSPS) is 11.8. The van der Waals surface area contributed by atoms with Crippen molar-refractivity contribution in [1.82, 2.24) is 9.55 Å². The number of aryl methyl sites for hydroxylation is 1. The average molecular weight is 237 g/mol. The molecule has 2 rings (SSSR count). The SMILES string of the molecule is Cn1ccnc1C(F)(F)c1ccc(CN)cc1. The molecule has 1 aromatic carbocycles. The van der Waals surface area contributed by atoms with Crippen molar-refractivity contribution in [2.24, 2.45) is 12.8 Å². The van der Waals surface area contributed by atoms with Gasteiger partial charge in [0.05, 0.1) is 0 Å². The monoisotopic (exact) mass is 237 g/mol. The van der Waals surface area contributed by atoms with Crippen molar-refractivity contribution in [2.45, 2.75) is 12.5 Å². The summed E-state index contributed by atoms with van der Waals surface area (Å²) in [6.45, 7) is 0.342. The minimum Gasteiger partial charge on any atom is -0.333 e. The number of halogens is 2. The van der Waals surface area contributed by atoms with Gasteiger partial charge in [0.25, 0.3) is 0 Å². The molecule has 0 aliphatic rings. The molecule has 1 aromatic heterocycles. The molecule has 0 saturated heterocycles. The van der Waals surface area contributed by atoms with E-state index in [9.17, 15) is 8.78 Å². The van der Waals surface area contributed by atoms with Crippen molar-refractivity contribution < 1.29 is 8.78 Å². The third-order valence-corrected chi connectivity index (χ3v) is 2.65. The zero-order valence-electron chi connectivity index (χ0n) is 9.40. The maximum atomic E-state index is 14.1. The number of imidazole rings is 1. The molecule has 0 aliphatic heterocycles. The highest BCUT2D eigenvalue weighted by Gasteiger charge is 2.37. The first-order valence-electron chi connectivity index (χ1n) is 5.21. The Bertz CT molecular complexity index is 503. The van der Waals surface area contributed by atoms with Crippen LogP contribution in [-0.2, 0) is 19.5 Å². The van der Waals surface area contributed by atoms with E-state index in [0.29, 0.717) is 6.54 Å². The molecule has 0 unspecified atom stereocenters. The Balaban J connectivity index is 2.40. The fourth-order valence-corrected chi connectivity index (χ4v) is 1.65. The van der Waals surface area contributed by atoms with Crippen LogP contribution in [0.1, 0.15) is 17.0 Å². The van der Waals surface area contributed by atoms with Crippen LogP contribution in [0.5, 0.6) is 0 Å². The molecule has 90 valence electrons. The molecular weight excluding hydrogens is 224 g/mol. The number of aromatic nitrogens is 2. The number of nitrogens with zero attached hydrogens (tertiary/aromatic N) is 2. The van der Waals surface area contributed by atoms with Crippen molar-refractivity contribution in [3.8, 4) is 0 Å². The first-order valence-corrected chi connectivity index (χ1v) is 5.21. The van der Waals surface area contributed by atoms with Gasteiger partial charge in [-0.2, -0.15) is 8.78 Å². The summed E-state index contributed by atoms with van der Waals surface area (Å²) in [5.74, 6) is -3.36. The van der Waals surface area contributed by atoms with E-state index in [1.165, 1.54) is 29.1 Å². The Kier molecular flexibility index (Phi) is 2.93. The standard InChI is InChI=1S/C12H13F2N3/c1-17-7-6-16-11(17)12(13,14)10-4-2-9(8-15)3-5-10/h2-7H,8,15H2,1H3. The van der Waals surface area contributed by atoms with E-state index in [2.05, 4.69) is 4.98 Å². The smallest absolute Gasteiger partial charge is 0.330 e. The largest absolute Gasteiger partial charge is 0.333 e. The van der Waals surface area contributed by atoms with Gasteiger partial charge in [0.2, 0.25) is 0 Å². The molecule has 17 heavy (non-hydrogen) atoms. The highest BCUT2D eigenvalue weighted by molar-refractivity contribution is 5.30. The number of benzene rings is 1. The van der Waals surface area contributed by atoms with E-state index < -0.39 is 5.92 Å². The molecule has 0 bridgehead atoms. The van der Waals surface area contributed by atoms with Gasteiger partial charge in [0.1, 0.15) is 0 Å². The van der Waals surface area contributed by atoms with Crippen molar-refractivity contribution >= 4 is 0 Å². The predicted octanol–water partition coefficient (Wildman–Crippen LogP) is 2.02. The highest BCUT2D eigenvalue weighted by atomic mass is 19.3. The van der Waals surface area contributed by atoms with Gasteiger partial charge in [0, 0.05) is 31.5 Å². The molecule has 0 atom stereocenters. The minimum absolute atomic E-state index is 0.0796. The van der Waals surface area contributed by atoms with Crippen LogP contribution in [0.2, 0.25) is 0 Å². The summed E-state index contributed by atoms with van der Waals surface area (Å²) in [5, 5.41) is 0. The van der Waals surface area contributed by atoms with Crippen molar-refractivity contribution in [3.05, 3.63) is 53.6 Å². The van der Waals surface area contributed by atoms with Crippen molar-refractivity contribution in [3.63, 3.8) is 0 Å². The third kappa shape index (κ3) is 2.06. The Labute approximate surface area is 97.9 Å². The summed E-state index contributed by atoms with van der Waals surface area (Å²) >= 11 is 0. The average Bonchev–Trinajstić information content (AvgIpc) is 2.76. The molecule has 5 heteroatoms. The molecule has 0 saturated carbocycles. The highest BCUT2D eigenvalue weighted by Crippen LogP contribution is 2.34. The van der Waals surface area contributed by atoms with Gasteiger partial charge in [-0.1, -0.05) is 24.3 Å². The lowest BCUT2D eigenvalue weighted by atomic mass is 10.1. The Morgan fingerprint density at radius 3 is 2.41 bits per heavy atom. The van der Waals surface area contributed by atoms with E-state index in [4.69, 9.17) is 5.73 Å². The van der Waals surface area contributed by atoms with Gasteiger partial charge in [-0.25, -0.2) is 4.98 Å². The molecule has 3 nitrogen and oxygen atoms in total. The number of hydrogen-bond acceptors (Lipinski definition) is 2. The van der Waals surface area contributed by atoms with Crippen molar-refractivity contribution in [2.75, 3.05) is 0 Å². The zero-order valence-corrected chi connectivity index (χ0v) is 9.40. The van der Waals surface area contributed by atoms with E-state index in [-0.39, 0.29) is 11.4 Å². The number of rotatable bonds is 3. The van der Waals surface area contributed by atoms with Crippen LogP contribution in [0.25, 0.3) is 0 Å². The van der Waals surface area contributed by atoms with E-state index in [0.717, 1.165) is 5.56 Å². The number of nitrogens with two attached hydrogens (primary N) is 1. The molecule has 0 aliphatic carbocycles. The molecule has 0 radical (unpaired) electrons. The fraction of sp³-hybridized carbons (Fsp3) is 0.250. The van der Waals surface area contributed by atoms with Crippen LogP contribution < -0.4 is 5.73 Å². The summed E-state index contributed by atoms with van der Waals surface area (Å²) in [6.07, 6.45) is 2.86. The summed E-state index contributed by atoms with van der Waals surface area (Å²) < 4.78 is 29.5. The minimum atomic E-state index is -3.09. The predicted molar refractivity (Wildman–Crippen MR) is 60.5 cm³/mol.